The molecule has 11 nitrogen and oxygen atoms in total. The van der Waals surface area contributed by atoms with Crippen molar-refractivity contribution in [3.05, 3.63) is 57.0 Å². The van der Waals surface area contributed by atoms with Crippen LogP contribution in [0.2, 0.25) is 0 Å². The van der Waals surface area contributed by atoms with Crippen LogP contribution in [-0.2, 0) is 12.7 Å². The van der Waals surface area contributed by atoms with Gasteiger partial charge in [0.05, 0.1) is 16.9 Å². The maximum absolute atomic E-state index is 13.5. The Morgan fingerprint density at radius 1 is 1.38 bits per heavy atom. The van der Waals surface area contributed by atoms with E-state index in [1.54, 1.807) is 6.92 Å². The van der Waals surface area contributed by atoms with E-state index in [0.29, 0.717) is 17.4 Å². The minimum Gasteiger partial charge on any atom is -0.464 e. The highest BCUT2D eigenvalue weighted by atomic mass is 32.1. The lowest BCUT2D eigenvalue weighted by Crippen LogP contribution is -2.21. The lowest BCUT2D eigenvalue weighted by molar-refractivity contribution is -0.385. The highest BCUT2D eigenvalue weighted by Gasteiger charge is 2.36. The number of hydrogen-bond acceptors (Lipinski definition) is 8. The van der Waals surface area contributed by atoms with Crippen LogP contribution in [0, 0.1) is 10.1 Å². The lowest BCUT2D eigenvalue weighted by atomic mass is 10.1. The summed E-state index contributed by atoms with van der Waals surface area (Å²) in [6, 6.07) is 3.55. The second-order valence-corrected chi connectivity index (χ2v) is 7.79. The number of rotatable bonds is 6. The maximum atomic E-state index is 13.5. The molecular formula is C19H13F3N6O5S. The molecule has 0 spiro atoms. The third-order valence-corrected chi connectivity index (χ3v) is 5.83. The number of furan rings is 1. The Balaban J connectivity index is 1.97. The van der Waals surface area contributed by atoms with Gasteiger partial charge in [-0.2, -0.15) is 18.3 Å². The van der Waals surface area contributed by atoms with Crippen LogP contribution < -0.4 is 11.1 Å². The van der Waals surface area contributed by atoms with Gasteiger partial charge in [-0.25, -0.2) is 4.98 Å². The van der Waals surface area contributed by atoms with Gasteiger partial charge in [0.1, 0.15) is 27.4 Å². The number of hydrogen-bond donors (Lipinski definition) is 2. The third-order valence-electron chi connectivity index (χ3n) is 4.73. The van der Waals surface area contributed by atoms with Crippen molar-refractivity contribution in [1.29, 1.82) is 0 Å². The number of alkyl halides is 3. The zero-order valence-corrected chi connectivity index (χ0v) is 17.9. The standard InChI is InChI=1S/C19H13F3N6O5S/c1-2-27-14(9(7-24-27)28(31)32)17(30)26-13-12-8(10-4-3-5-33-10)6-11(19(20,21)22)25-18(12)34-15(13)16(23)29/h3-7H,2H2,1H3,(H2,23,29)(H,26,30). The summed E-state index contributed by atoms with van der Waals surface area (Å²) < 4.78 is 46.8. The number of halogens is 3. The fourth-order valence-electron chi connectivity index (χ4n) is 3.32. The number of aromatic nitrogens is 3. The number of anilines is 1. The van der Waals surface area contributed by atoms with E-state index < -0.39 is 40.0 Å². The van der Waals surface area contributed by atoms with Crippen molar-refractivity contribution in [2.45, 2.75) is 19.6 Å². The first kappa shape index (κ1) is 22.9. The number of pyridine rings is 1. The molecule has 0 bridgehead atoms. The summed E-state index contributed by atoms with van der Waals surface area (Å²) in [5.74, 6) is -2.05. The average molecular weight is 494 g/mol. The van der Waals surface area contributed by atoms with Crippen molar-refractivity contribution in [1.82, 2.24) is 14.8 Å². The molecule has 4 aromatic rings. The fraction of sp³-hybridized carbons (Fsp3) is 0.158. The van der Waals surface area contributed by atoms with Crippen molar-refractivity contribution in [3.8, 4) is 11.3 Å². The summed E-state index contributed by atoms with van der Waals surface area (Å²) in [6.07, 6.45) is -2.69. The van der Waals surface area contributed by atoms with Gasteiger partial charge in [-0.15, -0.1) is 11.3 Å². The molecule has 0 aliphatic heterocycles. The Kier molecular flexibility index (Phi) is 5.56. The summed E-state index contributed by atoms with van der Waals surface area (Å²) in [5.41, 5.74) is 2.80. The number of nitrogens with zero attached hydrogens (tertiary/aromatic N) is 4. The number of amides is 2. The molecule has 4 heterocycles. The predicted molar refractivity (Wildman–Crippen MR) is 113 cm³/mol. The predicted octanol–water partition coefficient (Wildman–Crippen LogP) is 4.05. The Morgan fingerprint density at radius 3 is 2.68 bits per heavy atom. The molecule has 4 rings (SSSR count). The number of carbonyl (C=O) groups excluding carboxylic acids is 2. The van der Waals surface area contributed by atoms with Gasteiger partial charge in [0, 0.05) is 17.5 Å². The molecule has 0 saturated carbocycles. The number of nitro groups is 1. The summed E-state index contributed by atoms with van der Waals surface area (Å²) in [6.45, 7) is 1.71. The van der Waals surface area contributed by atoms with Crippen LogP contribution in [0.1, 0.15) is 32.8 Å². The van der Waals surface area contributed by atoms with Gasteiger partial charge in [0.15, 0.2) is 0 Å². The number of carbonyl (C=O) groups is 2. The largest absolute Gasteiger partial charge is 0.464 e. The van der Waals surface area contributed by atoms with E-state index >= 15 is 0 Å². The molecule has 15 heteroatoms. The molecule has 2 amide bonds. The van der Waals surface area contributed by atoms with E-state index in [2.05, 4.69) is 15.4 Å². The normalized spacial score (nSPS) is 11.6. The molecule has 0 radical (unpaired) electrons. The summed E-state index contributed by atoms with van der Waals surface area (Å²) in [7, 11) is 0. The first-order valence-electron chi connectivity index (χ1n) is 9.42. The highest BCUT2D eigenvalue weighted by molar-refractivity contribution is 7.21. The molecule has 0 aliphatic carbocycles. The first-order valence-corrected chi connectivity index (χ1v) is 10.2. The van der Waals surface area contributed by atoms with Gasteiger partial charge in [0.25, 0.3) is 11.8 Å². The van der Waals surface area contributed by atoms with Crippen LogP contribution in [0.5, 0.6) is 0 Å². The molecule has 4 aromatic heterocycles. The molecule has 34 heavy (non-hydrogen) atoms. The van der Waals surface area contributed by atoms with Crippen molar-refractivity contribution in [3.63, 3.8) is 0 Å². The molecule has 176 valence electrons. The molecule has 0 fully saturated rings. The molecule has 0 aliphatic rings. The second kappa shape index (κ2) is 8.26. The number of nitrogens with two attached hydrogens (primary N) is 1. The molecule has 0 saturated heterocycles. The second-order valence-electron chi connectivity index (χ2n) is 6.79. The van der Waals surface area contributed by atoms with Gasteiger partial charge < -0.3 is 15.5 Å². The molecular weight excluding hydrogens is 481 g/mol. The van der Waals surface area contributed by atoms with E-state index in [1.165, 1.54) is 18.4 Å². The molecule has 0 unspecified atom stereocenters. The average Bonchev–Trinajstić information content (AvgIpc) is 3.50. The van der Waals surface area contributed by atoms with Crippen molar-refractivity contribution < 1.29 is 32.1 Å². The summed E-state index contributed by atoms with van der Waals surface area (Å²) >= 11 is 0.535. The number of fused-ring (bicyclic) bond motifs is 1. The van der Waals surface area contributed by atoms with E-state index in [4.69, 9.17) is 10.2 Å². The third kappa shape index (κ3) is 3.85. The van der Waals surface area contributed by atoms with Crippen LogP contribution in [0.4, 0.5) is 24.5 Å². The quantitative estimate of drug-likeness (QED) is 0.302. The maximum Gasteiger partial charge on any atom is 0.433 e. The van der Waals surface area contributed by atoms with E-state index in [9.17, 15) is 32.9 Å². The van der Waals surface area contributed by atoms with Crippen LogP contribution in [0.25, 0.3) is 21.5 Å². The van der Waals surface area contributed by atoms with Crippen molar-refractivity contribution >= 4 is 44.7 Å². The van der Waals surface area contributed by atoms with E-state index in [0.717, 1.165) is 10.9 Å². The minimum absolute atomic E-state index is 0.00630. The highest BCUT2D eigenvalue weighted by Crippen LogP contribution is 2.44. The van der Waals surface area contributed by atoms with Gasteiger partial charge in [0.2, 0.25) is 5.69 Å². The number of nitrogens with one attached hydrogen (secondary N) is 1. The minimum atomic E-state index is -4.82. The monoisotopic (exact) mass is 494 g/mol. The van der Waals surface area contributed by atoms with Gasteiger partial charge in [-0.05, 0) is 25.1 Å². The van der Waals surface area contributed by atoms with Gasteiger partial charge in [-0.1, -0.05) is 0 Å². The van der Waals surface area contributed by atoms with Gasteiger partial charge in [-0.3, -0.25) is 24.4 Å². The van der Waals surface area contributed by atoms with E-state index in [1.807, 2.05) is 0 Å². The van der Waals surface area contributed by atoms with Crippen molar-refractivity contribution in [2.24, 2.45) is 5.73 Å². The number of thiophene rings is 1. The molecule has 3 N–H and O–H groups in total. The van der Waals surface area contributed by atoms with Gasteiger partial charge >= 0.3 is 11.9 Å². The number of aryl methyl sites for hydroxylation is 1. The fourth-order valence-corrected chi connectivity index (χ4v) is 4.32. The zero-order valence-electron chi connectivity index (χ0n) is 17.0. The lowest BCUT2D eigenvalue weighted by Gasteiger charge is -2.11. The van der Waals surface area contributed by atoms with Crippen LogP contribution in [0.3, 0.4) is 0 Å². The smallest absolute Gasteiger partial charge is 0.433 e. The Bertz CT molecular complexity index is 1440. The summed E-state index contributed by atoms with van der Waals surface area (Å²) in [5, 5.41) is 17.5. The SMILES string of the molecule is CCn1ncc([N+](=O)[O-])c1C(=O)Nc1c(C(N)=O)sc2nc(C(F)(F)F)cc(-c3ccco3)c12. The molecule has 0 aromatic carbocycles. The summed E-state index contributed by atoms with van der Waals surface area (Å²) in [4.78, 5) is 38.8. The molecule has 0 atom stereocenters. The first-order chi connectivity index (χ1) is 16.0. The number of primary amides is 1. The zero-order chi connectivity index (χ0) is 24.8. The topological polar surface area (TPSA) is 159 Å². The Labute approximate surface area is 191 Å². The Morgan fingerprint density at radius 2 is 2.12 bits per heavy atom. The van der Waals surface area contributed by atoms with Crippen LogP contribution >= 0.6 is 11.3 Å². The van der Waals surface area contributed by atoms with Crippen LogP contribution in [-0.4, -0.2) is 31.5 Å². The van der Waals surface area contributed by atoms with E-state index in [-0.39, 0.29) is 38.6 Å². The Hall–Kier alpha value is -4.27. The van der Waals surface area contributed by atoms with Crippen molar-refractivity contribution in [2.75, 3.05) is 5.32 Å². The van der Waals surface area contributed by atoms with Crippen LogP contribution in [0.15, 0.2) is 35.1 Å².